The Hall–Kier alpha value is -1.44. The monoisotopic (exact) mass is 313 g/mol. The summed E-state index contributed by atoms with van der Waals surface area (Å²) in [5.41, 5.74) is 6.14. The predicted molar refractivity (Wildman–Crippen MR) is 83.4 cm³/mol. The second-order valence-corrected chi connectivity index (χ2v) is 7.17. The van der Waals surface area contributed by atoms with Crippen LogP contribution in [0.5, 0.6) is 0 Å². The molecule has 0 aromatic heterocycles. The molecule has 0 bridgehead atoms. The largest absolute Gasteiger partial charge is 0.330 e. The molecule has 0 heterocycles. The van der Waals surface area contributed by atoms with Crippen molar-refractivity contribution in [1.82, 2.24) is 4.31 Å². The molecule has 0 fully saturated rings. The number of benzene rings is 1. The van der Waals surface area contributed by atoms with E-state index >= 15 is 0 Å². The topological polar surface area (TPSA) is 92.5 Å². The number of carbonyl (C=O) groups excluding carboxylic acids is 1. The molecule has 0 aliphatic rings. The van der Waals surface area contributed by atoms with E-state index in [4.69, 9.17) is 5.73 Å². The zero-order chi connectivity index (χ0) is 16.0. The lowest BCUT2D eigenvalue weighted by Crippen LogP contribution is -2.29. The van der Waals surface area contributed by atoms with E-state index in [1.165, 1.54) is 26.2 Å². The van der Waals surface area contributed by atoms with E-state index in [2.05, 4.69) is 5.32 Å². The van der Waals surface area contributed by atoms with Gasteiger partial charge in [-0.05, 0) is 30.7 Å². The predicted octanol–water partition coefficient (Wildman–Crippen LogP) is 1.25. The molecule has 118 valence electrons. The number of sulfonamides is 1. The first-order valence-electron chi connectivity index (χ1n) is 6.86. The van der Waals surface area contributed by atoms with Crippen molar-refractivity contribution in [2.45, 2.75) is 24.7 Å². The lowest BCUT2D eigenvalue weighted by Gasteiger charge is -2.15. The van der Waals surface area contributed by atoms with Crippen LogP contribution in [0.3, 0.4) is 0 Å². The molecule has 0 aliphatic heterocycles. The van der Waals surface area contributed by atoms with Gasteiger partial charge in [-0.25, -0.2) is 12.7 Å². The van der Waals surface area contributed by atoms with E-state index in [0.717, 1.165) is 17.1 Å². The first-order chi connectivity index (χ1) is 9.82. The summed E-state index contributed by atoms with van der Waals surface area (Å²) in [6.07, 6.45) is 1.62. The molecular formula is C14H23N3O3S. The van der Waals surface area contributed by atoms with Gasteiger partial charge in [0, 0.05) is 26.3 Å². The molecule has 1 amide bonds. The summed E-state index contributed by atoms with van der Waals surface area (Å²) in [6.45, 7) is 2.30. The molecule has 0 radical (unpaired) electrons. The van der Waals surface area contributed by atoms with Crippen LogP contribution in [-0.4, -0.2) is 39.3 Å². The van der Waals surface area contributed by atoms with Gasteiger partial charge in [-0.3, -0.25) is 4.79 Å². The molecule has 3 N–H and O–H groups in total. The van der Waals surface area contributed by atoms with Crippen LogP contribution in [0.25, 0.3) is 0 Å². The molecule has 1 atom stereocenters. The van der Waals surface area contributed by atoms with Crippen LogP contribution >= 0.6 is 0 Å². The van der Waals surface area contributed by atoms with Crippen LogP contribution < -0.4 is 11.1 Å². The Kier molecular flexibility index (Phi) is 6.32. The minimum atomic E-state index is -3.45. The summed E-state index contributed by atoms with van der Waals surface area (Å²) in [5.74, 6) is -0.359. The van der Waals surface area contributed by atoms with Crippen molar-refractivity contribution >= 4 is 21.6 Å². The Morgan fingerprint density at radius 3 is 2.29 bits per heavy atom. The Morgan fingerprint density at radius 2 is 1.86 bits per heavy atom. The van der Waals surface area contributed by atoms with E-state index in [1.54, 1.807) is 12.1 Å². The molecule has 21 heavy (non-hydrogen) atoms. The molecule has 1 aromatic carbocycles. The smallest absolute Gasteiger partial charge is 0.242 e. The number of hydrogen-bond acceptors (Lipinski definition) is 4. The fourth-order valence-electron chi connectivity index (χ4n) is 1.87. The van der Waals surface area contributed by atoms with Crippen LogP contribution in [0.4, 0.5) is 5.69 Å². The number of amides is 1. The first kappa shape index (κ1) is 17.6. The third-order valence-electron chi connectivity index (χ3n) is 3.19. The third-order valence-corrected chi connectivity index (χ3v) is 5.02. The number of carbonyl (C=O) groups is 1. The zero-order valence-electron chi connectivity index (χ0n) is 12.7. The van der Waals surface area contributed by atoms with Gasteiger partial charge < -0.3 is 11.1 Å². The fourth-order valence-corrected chi connectivity index (χ4v) is 2.77. The van der Waals surface area contributed by atoms with E-state index in [9.17, 15) is 13.2 Å². The number of nitrogens with zero attached hydrogens (tertiary/aromatic N) is 1. The van der Waals surface area contributed by atoms with Crippen molar-refractivity contribution in [3.63, 3.8) is 0 Å². The van der Waals surface area contributed by atoms with E-state index in [1.807, 2.05) is 6.92 Å². The maximum absolute atomic E-state index is 12.0. The van der Waals surface area contributed by atoms with Gasteiger partial charge >= 0.3 is 0 Å². The Balaban J connectivity index is 2.82. The lowest BCUT2D eigenvalue weighted by molar-refractivity contribution is -0.119. The standard InChI is InChI=1S/C14H23N3O3S/c1-4-5-11(10-15)14(18)16-12-6-8-13(9-7-12)21(19,20)17(2)3/h6-9,11H,4-5,10,15H2,1-3H3,(H,16,18). The van der Waals surface area contributed by atoms with Crippen molar-refractivity contribution in [3.05, 3.63) is 24.3 Å². The second-order valence-electron chi connectivity index (χ2n) is 5.02. The van der Waals surface area contributed by atoms with Crippen molar-refractivity contribution in [3.8, 4) is 0 Å². The fraction of sp³-hybridized carbons (Fsp3) is 0.500. The number of anilines is 1. The Bertz CT molecular complexity index is 568. The lowest BCUT2D eigenvalue weighted by atomic mass is 10.0. The average Bonchev–Trinajstić information content (AvgIpc) is 2.45. The highest BCUT2D eigenvalue weighted by molar-refractivity contribution is 7.89. The van der Waals surface area contributed by atoms with Crippen LogP contribution in [0.1, 0.15) is 19.8 Å². The quantitative estimate of drug-likeness (QED) is 0.792. The third kappa shape index (κ3) is 4.52. The molecule has 0 saturated carbocycles. The number of hydrogen-bond donors (Lipinski definition) is 2. The first-order valence-corrected chi connectivity index (χ1v) is 8.30. The van der Waals surface area contributed by atoms with Gasteiger partial charge in [-0.15, -0.1) is 0 Å². The van der Waals surface area contributed by atoms with Crippen molar-refractivity contribution < 1.29 is 13.2 Å². The molecule has 1 unspecified atom stereocenters. The van der Waals surface area contributed by atoms with Crippen LogP contribution in [0.2, 0.25) is 0 Å². The summed E-state index contributed by atoms with van der Waals surface area (Å²) in [4.78, 5) is 12.2. The average molecular weight is 313 g/mol. The van der Waals surface area contributed by atoms with Crippen LogP contribution in [0.15, 0.2) is 29.2 Å². The normalized spacial score (nSPS) is 13.2. The van der Waals surface area contributed by atoms with Gasteiger partial charge in [-0.2, -0.15) is 0 Å². The van der Waals surface area contributed by atoms with Crippen molar-refractivity contribution in [2.24, 2.45) is 11.7 Å². The highest BCUT2D eigenvalue weighted by atomic mass is 32.2. The van der Waals surface area contributed by atoms with E-state index < -0.39 is 10.0 Å². The van der Waals surface area contributed by atoms with Crippen LogP contribution in [-0.2, 0) is 14.8 Å². The van der Waals surface area contributed by atoms with Gasteiger partial charge in [0.2, 0.25) is 15.9 Å². The molecule has 1 aromatic rings. The van der Waals surface area contributed by atoms with Gasteiger partial charge in [0.25, 0.3) is 0 Å². The molecular weight excluding hydrogens is 290 g/mol. The van der Waals surface area contributed by atoms with Gasteiger partial charge in [0.05, 0.1) is 10.8 Å². The molecule has 0 aliphatic carbocycles. The summed E-state index contributed by atoms with van der Waals surface area (Å²) >= 11 is 0. The van der Waals surface area contributed by atoms with Crippen molar-refractivity contribution in [2.75, 3.05) is 26.0 Å². The zero-order valence-corrected chi connectivity index (χ0v) is 13.5. The van der Waals surface area contributed by atoms with E-state index in [0.29, 0.717) is 12.2 Å². The van der Waals surface area contributed by atoms with E-state index in [-0.39, 0.29) is 16.7 Å². The van der Waals surface area contributed by atoms with Crippen molar-refractivity contribution in [1.29, 1.82) is 0 Å². The maximum Gasteiger partial charge on any atom is 0.242 e. The van der Waals surface area contributed by atoms with Gasteiger partial charge in [0.1, 0.15) is 0 Å². The highest BCUT2D eigenvalue weighted by Crippen LogP contribution is 2.17. The summed E-state index contributed by atoms with van der Waals surface area (Å²) in [6, 6.07) is 6.10. The molecule has 0 spiro atoms. The minimum absolute atomic E-state index is 0.137. The minimum Gasteiger partial charge on any atom is -0.330 e. The number of rotatable bonds is 7. The molecule has 0 saturated heterocycles. The number of nitrogens with two attached hydrogens (primary N) is 1. The SMILES string of the molecule is CCCC(CN)C(=O)Nc1ccc(S(=O)(=O)N(C)C)cc1. The van der Waals surface area contributed by atoms with Crippen LogP contribution in [0, 0.1) is 5.92 Å². The molecule has 6 nitrogen and oxygen atoms in total. The second kappa shape index (κ2) is 7.53. The summed E-state index contributed by atoms with van der Waals surface area (Å²) in [5, 5.41) is 2.76. The number of nitrogens with one attached hydrogen (secondary N) is 1. The Labute approximate surface area is 126 Å². The molecule has 1 rings (SSSR count). The Morgan fingerprint density at radius 1 is 1.29 bits per heavy atom. The van der Waals surface area contributed by atoms with Gasteiger partial charge in [0.15, 0.2) is 0 Å². The van der Waals surface area contributed by atoms with Gasteiger partial charge in [-0.1, -0.05) is 13.3 Å². The maximum atomic E-state index is 12.0. The summed E-state index contributed by atoms with van der Waals surface area (Å²) < 4.78 is 25.0. The molecule has 7 heteroatoms. The summed E-state index contributed by atoms with van der Waals surface area (Å²) in [7, 11) is -0.503. The highest BCUT2D eigenvalue weighted by Gasteiger charge is 2.18.